The highest BCUT2D eigenvalue weighted by atomic mass is 35.5. The summed E-state index contributed by atoms with van der Waals surface area (Å²) in [5, 5.41) is 15.8. The minimum Gasteiger partial charge on any atom is -0.482 e. The monoisotopic (exact) mass is 450 g/mol. The maximum Gasteiger partial charge on any atom is 0.453 e. The number of fused-ring (bicyclic) bond motifs is 1. The van der Waals surface area contributed by atoms with E-state index in [0.717, 1.165) is 4.68 Å². The van der Waals surface area contributed by atoms with E-state index in [9.17, 15) is 18.0 Å². The number of alkyl halides is 3. The molecule has 11 heteroatoms. The molecule has 1 aromatic heterocycles. The lowest BCUT2D eigenvalue weighted by atomic mass is 10.0. The first-order chi connectivity index (χ1) is 14.7. The zero-order valence-corrected chi connectivity index (χ0v) is 16.4. The average Bonchev–Trinajstić information content (AvgIpc) is 3.17. The van der Waals surface area contributed by atoms with Crippen LogP contribution in [0.4, 0.5) is 19.1 Å². The average molecular weight is 451 g/mol. The van der Waals surface area contributed by atoms with E-state index < -0.39 is 30.6 Å². The van der Waals surface area contributed by atoms with Crippen molar-refractivity contribution in [1.29, 1.82) is 0 Å². The molecule has 0 saturated carbocycles. The highest BCUT2D eigenvalue weighted by Crippen LogP contribution is 2.36. The fourth-order valence-electron chi connectivity index (χ4n) is 3.08. The molecule has 4 rings (SSSR count). The predicted molar refractivity (Wildman–Crippen MR) is 106 cm³/mol. The number of carbonyl (C=O) groups is 1. The summed E-state index contributed by atoms with van der Waals surface area (Å²) in [7, 11) is 0. The Labute approximate surface area is 178 Å². The standard InChI is InChI=1S/C20H14ClF3N4O3/c21-13-6-4-11(5-7-13)16-9-15(12-2-1-3-14(8-12)31-10-17(29)30)25-19-26-18(20(22,23)24)27-28(16)19/h1-9,16H,10H2,(H,29,30)(H,25,26,27). The number of carboxylic acid groups (broad SMARTS) is 1. The fraction of sp³-hybridized carbons (Fsp3) is 0.150. The third kappa shape index (κ3) is 4.48. The molecule has 1 atom stereocenters. The van der Waals surface area contributed by atoms with Gasteiger partial charge in [0.15, 0.2) is 6.61 Å². The number of aliphatic carboxylic acids is 1. The second kappa shape index (κ2) is 7.95. The maximum absolute atomic E-state index is 13.2. The van der Waals surface area contributed by atoms with Crippen LogP contribution < -0.4 is 10.1 Å². The number of benzene rings is 2. The molecule has 2 heterocycles. The number of anilines is 1. The zero-order valence-electron chi connectivity index (χ0n) is 15.6. The van der Waals surface area contributed by atoms with Crippen LogP contribution in [0.5, 0.6) is 5.75 Å². The van der Waals surface area contributed by atoms with Crippen LogP contribution in [0.25, 0.3) is 5.70 Å². The molecule has 0 amide bonds. The van der Waals surface area contributed by atoms with E-state index in [1.807, 2.05) is 0 Å². The zero-order chi connectivity index (χ0) is 22.2. The molecule has 0 fully saturated rings. The number of nitrogens with zero attached hydrogens (tertiary/aromatic N) is 3. The van der Waals surface area contributed by atoms with E-state index >= 15 is 0 Å². The molecule has 0 radical (unpaired) electrons. The number of nitrogens with one attached hydrogen (secondary N) is 1. The van der Waals surface area contributed by atoms with Gasteiger partial charge in [-0.1, -0.05) is 35.9 Å². The number of halogens is 4. The normalized spacial score (nSPS) is 15.6. The summed E-state index contributed by atoms with van der Waals surface area (Å²) in [6.45, 7) is -0.521. The van der Waals surface area contributed by atoms with E-state index in [1.165, 1.54) is 0 Å². The van der Waals surface area contributed by atoms with E-state index in [0.29, 0.717) is 27.6 Å². The van der Waals surface area contributed by atoms with E-state index in [1.54, 1.807) is 54.6 Å². The summed E-state index contributed by atoms with van der Waals surface area (Å²) in [5.41, 5.74) is 1.69. The maximum atomic E-state index is 13.2. The lowest BCUT2D eigenvalue weighted by molar-refractivity contribution is -0.145. The molecule has 3 aromatic rings. The molecular weight excluding hydrogens is 437 g/mol. The largest absolute Gasteiger partial charge is 0.482 e. The molecule has 2 aromatic carbocycles. The van der Waals surface area contributed by atoms with Crippen LogP contribution in [0.3, 0.4) is 0 Å². The Bertz CT molecular complexity index is 1160. The molecule has 160 valence electrons. The topological polar surface area (TPSA) is 89.3 Å². The summed E-state index contributed by atoms with van der Waals surface area (Å²) >= 11 is 5.94. The first kappa shape index (κ1) is 20.7. The Morgan fingerprint density at radius 2 is 1.97 bits per heavy atom. The summed E-state index contributed by atoms with van der Waals surface area (Å²) in [5.74, 6) is -2.17. The Balaban J connectivity index is 1.76. The fourth-order valence-corrected chi connectivity index (χ4v) is 3.20. The highest BCUT2D eigenvalue weighted by molar-refractivity contribution is 6.30. The Morgan fingerprint density at radius 1 is 1.23 bits per heavy atom. The third-order valence-corrected chi connectivity index (χ3v) is 4.69. The van der Waals surface area contributed by atoms with Gasteiger partial charge in [-0.2, -0.15) is 18.2 Å². The SMILES string of the molecule is O=C(O)COc1cccc(C2=CC(c3ccc(Cl)cc3)n3nc(C(F)(F)F)nc3N2)c1. The Hall–Kier alpha value is -3.53. The Morgan fingerprint density at radius 3 is 2.65 bits per heavy atom. The number of ether oxygens (including phenoxy) is 1. The van der Waals surface area contributed by atoms with Gasteiger partial charge in [0.1, 0.15) is 11.8 Å². The molecule has 2 N–H and O–H groups in total. The molecular formula is C20H14ClF3N4O3. The minimum atomic E-state index is -4.71. The third-order valence-electron chi connectivity index (χ3n) is 4.44. The van der Waals surface area contributed by atoms with Gasteiger partial charge in [0.2, 0.25) is 5.95 Å². The van der Waals surface area contributed by atoms with Gasteiger partial charge in [-0.25, -0.2) is 9.48 Å². The first-order valence-corrected chi connectivity index (χ1v) is 9.31. The van der Waals surface area contributed by atoms with Crippen molar-refractivity contribution in [1.82, 2.24) is 14.8 Å². The van der Waals surface area contributed by atoms with Crippen LogP contribution in [-0.4, -0.2) is 32.4 Å². The Kier molecular flexibility index (Phi) is 5.32. The molecule has 0 bridgehead atoms. The second-order valence-corrected chi connectivity index (χ2v) is 7.05. The molecule has 0 spiro atoms. The van der Waals surface area contributed by atoms with Crippen LogP contribution in [0.2, 0.25) is 5.02 Å². The quantitative estimate of drug-likeness (QED) is 0.596. The molecule has 31 heavy (non-hydrogen) atoms. The number of allylic oxidation sites excluding steroid dienone is 1. The van der Waals surface area contributed by atoms with Crippen molar-refractivity contribution in [3.8, 4) is 5.75 Å². The minimum absolute atomic E-state index is 0.0818. The van der Waals surface area contributed by atoms with Crippen molar-refractivity contribution >= 4 is 29.2 Å². The molecule has 1 aliphatic rings. The molecule has 1 aliphatic heterocycles. The van der Waals surface area contributed by atoms with Crippen LogP contribution in [0.1, 0.15) is 23.0 Å². The lowest BCUT2D eigenvalue weighted by Gasteiger charge is -2.24. The van der Waals surface area contributed by atoms with Gasteiger partial charge in [-0.05, 0) is 35.9 Å². The van der Waals surface area contributed by atoms with Crippen molar-refractivity contribution in [2.24, 2.45) is 0 Å². The van der Waals surface area contributed by atoms with Gasteiger partial charge in [0, 0.05) is 16.3 Å². The van der Waals surface area contributed by atoms with Crippen molar-refractivity contribution < 1.29 is 27.8 Å². The van der Waals surface area contributed by atoms with Crippen LogP contribution in [0, 0.1) is 0 Å². The lowest BCUT2D eigenvalue weighted by Crippen LogP contribution is -2.20. The smallest absolute Gasteiger partial charge is 0.453 e. The van der Waals surface area contributed by atoms with E-state index in [4.69, 9.17) is 21.4 Å². The summed E-state index contributed by atoms with van der Waals surface area (Å²) < 4.78 is 46.0. The van der Waals surface area contributed by atoms with Gasteiger partial charge in [-0.3, -0.25) is 0 Å². The van der Waals surface area contributed by atoms with Gasteiger partial charge >= 0.3 is 12.1 Å². The number of rotatable bonds is 5. The van der Waals surface area contributed by atoms with Gasteiger partial charge in [0.05, 0.1) is 0 Å². The molecule has 0 saturated heterocycles. The van der Waals surface area contributed by atoms with Crippen LogP contribution in [0.15, 0.2) is 54.6 Å². The summed E-state index contributed by atoms with van der Waals surface area (Å²) in [4.78, 5) is 14.3. The molecule has 0 aliphatic carbocycles. The number of aromatic nitrogens is 3. The summed E-state index contributed by atoms with van der Waals surface area (Å²) in [6, 6.07) is 12.5. The number of hydrogen-bond donors (Lipinski definition) is 2. The van der Waals surface area contributed by atoms with Crippen LogP contribution in [-0.2, 0) is 11.0 Å². The van der Waals surface area contributed by atoms with Crippen molar-refractivity contribution in [2.45, 2.75) is 12.2 Å². The van der Waals surface area contributed by atoms with Crippen molar-refractivity contribution in [3.05, 3.63) is 76.6 Å². The number of carboxylic acids is 1. The highest BCUT2D eigenvalue weighted by Gasteiger charge is 2.39. The molecule has 1 unspecified atom stereocenters. The van der Waals surface area contributed by atoms with Crippen molar-refractivity contribution in [2.75, 3.05) is 11.9 Å². The number of hydrogen-bond acceptors (Lipinski definition) is 5. The van der Waals surface area contributed by atoms with Gasteiger partial charge < -0.3 is 15.2 Å². The first-order valence-electron chi connectivity index (χ1n) is 8.94. The van der Waals surface area contributed by atoms with Gasteiger partial charge in [-0.15, -0.1) is 5.10 Å². The van der Waals surface area contributed by atoms with Gasteiger partial charge in [0.25, 0.3) is 5.82 Å². The summed E-state index contributed by atoms with van der Waals surface area (Å²) in [6.07, 6.45) is -3.01. The second-order valence-electron chi connectivity index (χ2n) is 6.61. The molecule has 7 nitrogen and oxygen atoms in total. The van der Waals surface area contributed by atoms with E-state index in [-0.39, 0.29) is 5.95 Å². The van der Waals surface area contributed by atoms with Crippen molar-refractivity contribution in [3.63, 3.8) is 0 Å². The van der Waals surface area contributed by atoms with E-state index in [2.05, 4.69) is 15.4 Å². The predicted octanol–water partition coefficient (Wildman–Crippen LogP) is 4.47. The van der Waals surface area contributed by atoms with Crippen LogP contribution >= 0.6 is 11.6 Å².